The Morgan fingerprint density at radius 2 is 1.13 bits per heavy atom. The van der Waals surface area contributed by atoms with Crippen molar-refractivity contribution in [3.8, 4) is 40.9 Å². The van der Waals surface area contributed by atoms with Crippen LogP contribution in [0.4, 0.5) is 0 Å². The standard InChI is InChI=1S/C31H22O7/c1-3-29(32)36-22-21-35-26-15-9-23(10-16-26)7-5-6-8-24-11-17-28(18-12-24)38-31(34)25-13-19-27(20-14-25)37-30(33)4-2/h3-4,9-20H,1-2,21-22H2. The van der Waals surface area contributed by atoms with E-state index in [1.807, 2.05) is 0 Å². The average molecular weight is 507 g/mol. The van der Waals surface area contributed by atoms with Crippen LogP contribution in [0.2, 0.25) is 0 Å². The van der Waals surface area contributed by atoms with E-state index in [0.717, 1.165) is 17.7 Å². The van der Waals surface area contributed by atoms with Gasteiger partial charge in [0, 0.05) is 23.3 Å². The van der Waals surface area contributed by atoms with Gasteiger partial charge >= 0.3 is 17.9 Å². The Labute approximate surface area is 220 Å². The Morgan fingerprint density at radius 3 is 1.68 bits per heavy atom. The number of carbonyl (C=O) groups is 3. The van der Waals surface area contributed by atoms with E-state index in [9.17, 15) is 14.4 Å². The van der Waals surface area contributed by atoms with E-state index in [4.69, 9.17) is 18.9 Å². The number of rotatable bonds is 9. The van der Waals surface area contributed by atoms with Crippen molar-refractivity contribution < 1.29 is 33.3 Å². The third-order valence-electron chi connectivity index (χ3n) is 4.63. The summed E-state index contributed by atoms with van der Waals surface area (Å²) in [6.45, 7) is 7.02. The van der Waals surface area contributed by atoms with Crippen molar-refractivity contribution in [2.75, 3.05) is 13.2 Å². The number of ether oxygens (including phenoxy) is 4. The van der Waals surface area contributed by atoms with Crippen LogP contribution in [0.25, 0.3) is 0 Å². The van der Waals surface area contributed by atoms with Gasteiger partial charge in [0.25, 0.3) is 0 Å². The topological polar surface area (TPSA) is 88.1 Å². The summed E-state index contributed by atoms with van der Waals surface area (Å²) in [4.78, 5) is 34.5. The van der Waals surface area contributed by atoms with E-state index >= 15 is 0 Å². The zero-order chi connectivity index (χ0) is 27.2. The van der Waals surface area contributed by atoms with Gasteiger partial charge in [-0.15, -0.1) is 0 Å². The Kier molecular flexibility index (Phi) is 10.1. The van der Waals surface area contributed by atoms with Crippen molar-refractivity contribution in [2.24, 2.45) is 0 Å². The maximum atomic E-state index is 12.3. The molecule has 0 aliphatic rings. The monoisotopic (exact) mass is 506 g/mol. The SMILES string of the molecule is C=CC(=O)OCCOc1ccc(C#CC#Cc2ccc(OC(=O)c3ccc(OC(=O)C=C)cc3)cc2)cc1. The Hall–Kier alpha value is -5.53. The average Bonchev–Trinajstić information content (AvgIpc) is 2.95. The first-order valence-corrected chi connectivity index (χ1v) is 11.3. The van der Waals surface area contributed by atoms with E-state index < -0.39 is 17.9 Å². The molecule has 0 aliphatic carbocycles. The summed E-state index contributed by atoms with van der Waals surface area (Å²) in [7, 11) is 0. The lowest BCUT2D eigenvalue weighted by molar-refractivity contribution is -0.138. The number of hydrogen-bond donors (Lipinski definition) is 0. The van der Waals surface area contributed by atoms with Gasteiger partial charge < -0.3 is 18.9 Å². The zero-order valence-corrected chi connectivity index (χ0v) is 20.3. The van der Waals surface area contributed by atoms with Crippen molar-refractivity contribution >= 4 is 17.9 Å². The van der Waals surface area contributed by atoms with Crippen LogP contribution in [0.15, 0.2) is 98.1 Å². The van der Waals surface area contributed by atoms with Crippen LogP contribution in [0.3, 0.4) is 0 Å². The van der Waals surface area contributed by atoms with Gasteiger partial charge in [0.1, 0.15) is 30.5 Å². The number of benzene rings is 3. The molecule has 0 aliphatic heterocycles. The molecule has 3 aromatic rings. The van der Waals surface area contributed by atoms with Gasteiger partial charge in [0.15, 0.2) is 0 Å². The summed E-state index contributed by atoms with van der Waals surface area (Å²) in [5.41, 5.74) is 1.77. The fourth-order valence-electron chi connectivity index (χ4n) is 2.79. The van der Waals surface area contributed by atoms with E-state index in [1.165, 1.54) is 24.3 Å². The lowest BCUT2D eigenvalue weighted by atomic mass is 10.2. The minimum atomic E-state index is -0.586. The minimum Gasteiger partial charge on any atom is -0.490 e. The molecule has 0 saturated heterocycles. The second-order valence-electron chi connectivity index (χ2n) is 7.31. The van der Waals surface area contributed by atoms with Crippen LogP contribution < -0.4 is 14.2 Å². The fourth-order valence-corrected chi connectivity index (χ4v) is 2.79. The van der Waals surface area contributed by atoms with Gasteiger partial charge in [0.2, 0.25) is 0 Å². The molecule has 3 rings (SSSR count). The molecule has 0 spiro atoms. The molecule has 3 aromatic carbocycles. The molecule has 188 valence electrons. The van der Waals surface area contributed by atoms with Gasteiger partial charge in [-0.05, 0) is 84.6 Å². The highest BCUT2D eigenvalue weighted by atomic mass is 16.6. The van der Waals surface area contributed by atoms with E-state index in [-0.39, 0.29) is 13.2 Å². The third kappa shape index (κ3) is 8.92. The summed E-state index contributed by atoms with van der Waals surface area (Å²) < 4.78 is 20.7. The summed E-state index contributed by atoms with van der Waals surface area (Å²) in [6, 6.07) is 19.8. The molecular weight excluding hydrogens is 484 g/mol. The molecular formula is C31H22O7. The zero-order valence-electron chi connectivity index (χ0n) is 20.3. The first-order chi connectivity index (χ1) is 18.5. The highest BCUT2D eigenvalue weighted by Gasteiger charge is 2.09. The van der Waals surface area contributed by atoms with E-state index in [1.54, 1.807) is 48.5 Å². The maximum Gasteiger partial charge on any atom is 0.343 e. The summed E-state index contributed by atoms with van der Waals surface area (Å²) in [6.07, 6.45) is 2.15. The number of carbonyl (C=O) groups excluding carboxylic acids is 3. The van der Waals surface area contributed by atoms with Crippen LogP contribution >= 0.6 is 0 Å². The predicted molar refractivity (Wildman–Crippen MR) is 141 cm³/mol. The van der Waals surface area contributed by atoms with Gasteiger partial charge in [-0.25, -0.2) is 14.4 Å². The number of esters is 3. The van der Waals surface area contributed by atoms with Crippen molar-refractivity contribution in [1.29, 1.82) is 0 Å². The van der Waals surface area contributed by atoms with Gasteiger partial charge in [0.05, 0.1) is 5.56 Å². The van der Waals surface area contributed by atoms with Crippen molar-refractivity contribution in [3.63, 3.8) is 0 Å². The smallest absolute Gasteiger partial charge is 0.343 e. The van der Waals surface area contributed by atoms with Crippen LogP contribution in [0, 0.1) is 23.7 Å². The Bertz CT molecular complexity index is 1430. The maximum absolute atomic E-state index is 12.3. The molecule has 0 saturated carbocycles. The molecule has 0 unspecified atom stereocenters. The Balaban J connectivity index is 1.48. The molecule has 0 amide bonds. The molecule has 0 radical (unpaired) electrons. The molecule has 0 heterocycles. The van der Waals surface area contributed by atoms with Crippen LogP contribution in [0.5, 0.6) is 17.2 Å². The van der Waals surface area contributed by atoms with Gasteiger partial charge in [-0.2, -0.15) is 0 Å². The lowest BCUT2D eigenvalue weighted by Gasteiger charge is -2.06. The lowest BCUT2D eigenvalue weighted by Crippen LogP contribution is -2.10. The summed E-state index contributed by atoms with van der Waals surface area (Å²) in [5, 5.41) is 0. The van der Waals surface area contributed by atoms with Gasteiger partial charge in [-0.3, -0.25) is 0 Å². The number of hydrogen-bond acceptors (Lipinski definition) is 7. The van der Waals surface area contributed by atoms with Crippen LogP contribution in [-0.4, -0.2) is 31.1 Å². The third-order valence-corrected chi connectivity index (χ3v) is 4.63. The normalized spacial score (nSPS) is 9.37. The highest BCUT2D eigenvalue weighted by molar-refractivity contribution is 5.91. The van der Waals surface area contributed by atoms with Crippen molar-refractivity contribution in [3.05, 3.63) is 115 Å². The first kappa shape index (κ1) is 27.1. The molecule has 7 heteroatoms. The second kappa shape index (κ2) is 14.1. The summed E-state index contributed by atoms with van der Waals surface area (Å²) in [5.74, 6) is 11.1. The van der Waals surface area contributed by atoms with Crippen LogP contribution in [0.1, 0.15) is 21.5 Å². The molecule has 0 N–H and O–H groups in total. The minimum absolute atomic E-state index is 0.135. The summed E-state index contributed by atoms with van der Waals surface area (Å²) >= 11 is 0. The fraction of sp³-hybridized carbons (Fsp3) is 0.0645. The molecule has 0 aromatic heterocycles. The largest absolute Gasteiger partial charge is 0.490 e. The molecule has 0 bridgehead atoms. The molecule has 7 nitrogen and oxygen atoms in total. The first-order valence-electron chi connectivity index (χ1n) is 11.3. The van der Waals surface area contributed by atoms with Crippen molar-refractivity contribution in [1.82, 2.24) is 0 Å². The second-order valence-corrected chi connectivity index (χ2v) is 7.31. The molecule has 0 atom stereocenters. The Morgan fingerprint density at radius 1 is 0.632 bits per heavy atom. The molecule has 38 heavy (non-hydrogen) atoms. The quantitative estimate of drug-likeness (QED) is 0.139. The highest BCUT2D eigenvalue weighted by Crippen LogP contribution is 2.17. The van der Waals surface area contributed by atoms with Crippen molar-refractivity contribution in [2.45, 2.75) is 0 Å². The predicted octanol–water partition coefficient (Wildman–Crippen LogP) is 4.51. The molecule has 0 fully saturated rings. The van der Waals surface area contributed by atoms with E-state index in [2.05, 4.69) is 36.8 Å². The van der Waals surface area contributed by atoms with Crippen LogP contribution in [-0.2, 0) is 14.3 Å². The van der Waals surface area contributed by atoms with Gasteiger partial charge in [-0.1, -0.05) is 25.0 Å². The van der Waals surface area contributed by atoms with E-state index in [0.29, 0.717) is 28.4 Å².